The van der Waals surface area contributed by atoms with Crippen LogP contribution in [0.25, 0.3) is 0 Å². The van der Waals surface area contributed by atoms with Crippen molar-refractivity contribution < 1.29 is 22.8 Å². The van der Waals surface area contributed by atoms with Gasteiger partial charge in [0, 0.05) is 17.8 Å². The number of nitrogen functional groups attached to an aromatic ring is 1. The third kappa shape index (κ3) is 3.53. The van der Waals surface area contributed by atoms with Crippen molar-refractivity contribution in [2.45, 2.75) is 20.0 Å². The Morgan fingerprint density at radius 1 is 1.13 bits per heavy atom. The first-order valence-electron chi connectivity index (χ1n) is 6.50. The van der Waals surface area contributed by atoms with Crippen LogP contribution >= 0.6 is 0 Å². The van der Waals surface area contributed by atoms with E-state index in [0.717, 1.165) is 12.1 Å². The van der Waals surface area contributed by atoms with E-state index in [1.165, 1.54) is 12.1 Å². The highest BCUT2D eigenvalue weighted by atomic mass is 19.4. The van der Waals surface area contributed by atoms with E-state index in [2.05, 4.69) is 0 Å². The predicted octanol–water partition coefficient (Wildman–Crippen LogP) is 4.60. The number of nitro benzene ring substituents is 1. The number of hydrogen-bond donors (Lipinski definition) is 1. The summed E-state index contributed by atoms with van der Waals surface area (Å²) >= 11 is 0. The van der Waals surface area contributed by atoms with Gasteiger partial charge in [0.2, 0.25) is 0 Å². The van der Waals surface area contributed by atoms with Crippen LogP contribution in [0.2, 0.25) is 0 Å². The highest BCUT2D eigenvalue weighted by Gasteiger charge is 2.36. The smallest absolute Gasteiger partial charge is 0.420 e. The SMILES string of the molecule is Cc1cc(Oc2ccc([N+](=O)[O-])cc2C(F)(F)F)cc(C)c1N. The summed E-state index contributed by atoms with van der Waals surface area (Å²) in [5, 5.41) is 10.7. The van der Waals surface area contributed by atoms with E-state index in [4.69, 9.17) is 10.5 Å². The molecule has 0 heterocycles. The maximum atomic E-state index is 13.1. The normalized spacial score (nSPS) is 11.3. The molecule has 0 bridgehead atoms. The van der Waals surface area contributed by atoms with Gasteiger partial charge in [0.1, 0.15) is 17.1 Å². The Morgan fingerprint density at radius 2 is 1.70 bits per heavy atom. The van der Waals surface area contributed by atoms with E-state index >= 15 is 0 Å². The Kier molecular flexibility index (Phi) is 4.18. The second kappa shape index (κ2) is 5.79. The molecule has 2 N–H and O–H groups in total. The van der Waals surface area contributed by atoms with E-state index in [1.807, 2.05) is 0 Å². The summed E-state index contributed by atoms with van der Waals surface area (Å²) in [6, 6.07) is 5.35. The fourth-order valence-electron chi connectivity index (χ4n) is 2.06. The van der Waals surface area contributed by atoms with E-state index in [0.29, 0.717) is 22.9 Å². The van der Waals surface area contributed by atoms with Crippen molar-refractivity contribution >= 4 is 11.4 Å². The molecule has 0 aliphatic rings. The van der Waals surface area contributed by atoms with Gasteiger partial charge in [-0.25, -0.2) is 0 Å². The molecule has 2 rings (SSSR count). The Balaban J connectivity index is 2.49. The number of ether oxygens (including phenoxy) is 1. The van der Waals surface area contributed by atoms with Gasteiger partial charge in [0.05, 0.1) is 4.92 Å². The molecule has 0 aliphatic carbocycles. The number of nitrogens with zero attached hydrogens (tertiary/aromatic N) is 1. The van der Waals surface area contributed by atoms with Crippen molar-refractivity contribution in [2.75, 3.05) is 5.73 Å². The van der Waals surface area contributed by atoms with Crippen LogP contribution in [0.15, 0.2) is 30.3 Å². The molecule has 5 nitrogen and oxygen atoms in total. The van der Waals surface area contributed by atoms with Crippen molar-refractivity contribution in [1.82, 2.24) is 0 Å². The largest absolute Gasteiger partial charge is 0.457 e. The standard InChI is InChI=1S/C15H13F3N2O3/c1-8-5-11(6-9(2)14(8)19)23-13-4-3-10(20(21)22)7-12(13)15(16,17)18/h3-7H,19H2,1-2H3. The van der Waals surface area contributed by atoms with Gasteiger partial charge in [-0.15, -0.1) is 0 Å². The Labute approximate surface area is 129 Å². The van der Waals surface area contributed by atoms with Crippen LogP contribution in [0.3, 0.4) is 0 Å². The zero-order valence-corrected chi connectivity index (χ0v) is 12.3. The molecule has 0 unspecified atom stereocenters. The zero-order valence-electron chi connectivity index (χ0n) is 12.3. The number of anilines is 1. The molecular weight excluding hydrogens is 313 g/mol. The molecule has 0 amide bonds. The molecule has 0 atom stereocenters. The minimum Gasteiger partial charge on any atom is -0.457 e. The molecular formula is C15H13F3N2O3. The number of halogens is 3. The predicted molar refractivity (Wildman–Crippen MR) is 78.5 cm³/mol. The number of aryl methyl sites for hydroxylation is 2. The monoisotopic (exact) mass is 326 g/mol. The van der Waals surface area contributed by atoms with Crippen LogP contribution in [0.4, 0.5) is 24.5 Å². The molecule has 0 fully saturated rings. The minimum atomic E-state index is -4.78. The number of nitrogens with two attached hydrogens (primary N) is 1. The third-order valence-electron chi connectivity index (χ3n) is 3.27. The average molecular weight is 326 g/mol. The molecule has 0 saturated heterocycles. The lowest BCUT2D eigenvalue weighted by Gasteiger charge is -2.15. The summed E-state index contributed by atoms with van der Waals surface area (Å²) in [4.78, 5) is 9.77. The Morgan fingerprint density at radius 3 is 2.17 bits per heavy atom. The number of rotatable bonds is 3. The average Bonchev–Trinajstić information content (AvgIpc) is 2.43. The summed E-state index contributed by atoms with van der Waals surface area (Å²) in [6.45, 7) is 3.41. The summed E-state index contributed by atoms with van der Waals surface area (Å²) in [7, 11) is 0. The van der Waals surface area contributed by atoms with Crippen LogP contribution in [0.1, 0.15) is 16.7 Å². The lowest BCUT2D eigenvalue weighted by molar-refractivity contribution is -0.385. The zero-order chi connectivity index (χ0) is 17.4. The van der Waals surface area contributed by atoms with Crippen molar-refractivity contribution in [3.63, 3.8) is 0 Å². The molecule has 0 spiro atoms. The van der Waals surface area contributed by atoms with Crippen molar-refractivity contribution in [3.05, 3.63) is 57.1 Å². The second-order valence-electron chi connectivity index (χ2n) is 5.01. The molecule has 0 saturated carbocycles. The quantitative estimate of drug-likeness (QED) is 0.508. The van der Waals surface area contributed by atoms with Gasteiger partial charge in [-0.3, -0.25) is 10.1 Å². The van der Waals surface area contributed by atoms with Gasteiger partial charge in [0.15, 0.2) is 0 Å². The first-order chi connectivity index (χ1) is 10.6. The van der Waals surface area contributed by atoms with Gasteiger partial charge in [-0.2, -0.15) is 13.2 Å². The van der Waals surface area contributed by atoms with Gasteiger partial charge >= 0.3 is 6.18 Å². The van der Waals surface area contributed by atoms with Crippen LogP contribution in [0.5, 0.6) is 11.5 Å². The fraction of sp³-hybridized carbons (Fsp3) is 0.200. The summed E-state index contributed by atoms with van der Waals surface area (Å²) in [5.41, 5.74) is 5.77. The van der Waals surface area contributed by atoms with Crippen LogP contribution in [-0.2, 0) is 6.18 Å². The molecule has 8 heteroatoms. The minimum absolute atomic E-state index is 0.175. The summed E-state index contributed by atoms with van der Waals surface area (Å²) in [5.74, 6) is -0.333. The van der Waals surface area contributed by atoms with E-state index in [-0.39, 0.29) is 5.75 Å². The van der Waals surface area contributed by atoms with E-state index < -0.39 is 28.1 Å². The second-order valence-corrected chi connectivity index (χ2v) is 5.01. The first-order valence-corrected chi connectivity index (χ1v) is 6.50. The first kappa shape index (κ1) is 16.6. The number of hydrogen-bond acceptors (Lipinski definition) is 4. The number of alkyl halides is 3. The van der Waals surface area contributed by atoms with Gasteiger partial charge in [-0.05, 0) is 43.2 Å². The lowest BCUT2D eigenvalue weighted by Crippen LogP contribution is -2.08. The Bertz CT molecular complexity index is 750. The molecule has 0 aliphatic heterocycles. The summed E-state index contributed by atoms with van der Waals surface area (Å²) in [6.07, 6.45) is -4.78. The molecule has 122 valence electrons. The fourth-order valence-corrected chi connectivity index (χ4v) is 2.06. The van der Waals surface area contributed by atoms with Crippen LogP contribution < -0.4 is 10.5 Å². The molecule has 23 heavy (non-hydrogen) atoms. The van der Waals surface area contributed by atoms with E-state index in [1.54, 1.807) is 13.8 Å². The summed E-state index contributed by atoms with van der Waals surface area (Å²) < 4.78 is 44.6. The van der Waals surface area contributed by atoms with Gasteiger partial charge in [0.25, 0.3) is 5.69 Å². The van der Waals surface area contributed by atoms with Crippen molar-refractivity contribution in [3.8, 4) is 11.5 Å². The maximum Gasteiger partial charge on any atom is 0.420 e. The van der Waals surface area contributed by atoms with Crippen LogP contribution in [0, 0.1) is 24.0 Å². The molecule has 0 radical (unpaired) electrons. The number of benzene rings is 2. The molecule has 2 aromatic rings. The third-order valence-corrected chi connectivity index (χ3v) is 3.27. The lowest BCUT2D eigenvalue weighted by atomic mass is 10.1. The Hall–Kier alpha value is -2.77. The van der Waals surface area contributed by atoms with Crippen molar-refractivity contribution in [1.29, 1.82) is 0 Å². The van der Waals surface area contributed by atoms with Crippen LogP contribution in [-0.4, -0.2) is 4.92 Å². The maximum absolute atomic E-state index is 13.1. The molecule has 2 aromatic carbocycles. The number of non-ortho nitro benzene ring substituents is 1. The highest BCUT2D eigenvalue weighted by Crippen LogP contribution is 2.40. The molecule has 0 aromatic heterocycles. The van der Waals surface area contributed by atoms with E-state index in [9.17, 15) is 23.3 Å². The number of nitro groups is 1. The highest BCUT2D eigenvalue weighted by molar-refractivity contribution is 5.57. The van der Waals surface area contributed by atoms with Gasteiger partial charge in [-0.1, -0.05) is 0 Å². The van der Waals surface area contributed by atoms with Crippen molar-refractivity contribution in [2.24, 2.45) is 0 Å². The topological polar surface area (TPSA) is 78.4 Å². The van der Waals surface area contributed by atoms with Gasteiger partial charge < -0.3 is 10.5 Å².